The predicted molar refractivity (Wildman–Crippen MR) is 174 cm³/mol. The third kappa shape index (κ3) is 3.40. The maximum absolute atomic E-state index is 5.47. The van der Waals surface area contributed by atoms with E-state index in [-0.39, 0.29) is 0 Å². The van der Waals surface area contributed by atoms with Crippen LogP contribution in [-0.4, -0.2) is 46.9 Å². The van der Waals surface area contributed by atoms with Crippen LogP contribution in [0.1, 0.15) is 0 Å². The minimum Gasteiger partial charge on any atom is -0.370 e. The molecule has 0 aliphatic carbocycles. The van der Waals surface area contributed by atoms with Crippen molar-refractivity contribution >= 4 is 120 Å². The quantitative estimate of drug-likeness (QED) is 0.188. The molecule has 0 N–H and O–H groups in total. The van der Waals surface area contributed by atoms with Crippen LogP contribution in [0, 0.1) is 0 Å². The number of aromatic nitrogens is 4. The highest BCUT2D eigenvalue weighted by Crippen LogP contribution is 2.48. The second-order valence-corrected chi connectivity index (χ2v) is 14.2. The number of hydrogen-bond acceptors (Lipinski definition) is 11. The number of hydrogen-bond donors (Lipinski definition) is 0. The van der Waals surface area contributed by atoms with E-state index in [4.69, 9.17) is 18.7 Å². The van der Waals surface area contributed by atoms with Crippen molar-refractivity contribution in [2.75, 3.05) is 38.0 Å². The number of thiophene rings is 4. The summed E-state index contributed by atoms with van der Waals surface area (Å²) in [6.07, 6.45) is 0. The highest BCUT2D eigenvalue weighted by Gasteiger charge is 2.26. The highest BCUT2D eigenvalue weighted by atomic mass is 32.1. The molecule has 0 spiro atoms. The molecule has 11 heteroatoms. The minimum absolute atomic E-state index is 0.881. The average Bonchev–Trinajstić information content (AvgIpc) is 3.75. The third-order valence-corrected chi connectivity index (χ3v) is 12.0. The predicted octanol–water partition coefficient (Wildman–Crippen LogP) is 8.81. The Balaban J connectivity index is 1.59. The van der Waals surface area contributed by atoms with Gasteiger partial charge in [-0.15, -0.1) is 45.3 Å². The van der Waals surface area contributed by atoms with Crippen LogP contribution in [0.5, 0.6) is 0 Å². The van der Waals surface area contributed by atoms with Crippen molar-refractivity contribution in [3.63, 3.8) is 0 Å². The molecule has 192 valence electrons. The van der Waals surface area contributed by atoms with Gasteiger partial charge in [-0.05, 0) is 47.2 Å². The molecule has 2 aromatic carbocycles. The number of benzene rings is 2. The fraction of sp³-hybridized carbons (Fsp3) is 0.143. The van der Waals surface area contributed by atoms with Crippen LogP contribution in [0.15, 0.2) is 47.2 Å². The number of nitrogens with zero attached hydrogens (tertiary/aromatic N) is 6. The molecule has 6 nitrogen and oxygen atoms in total. The molecule has 0 aliphatic heterocycles. The summed E-state index contributed by atoms with van der Waals surface area (Å²) < 4.78 is 12.3. The average molecular weight is 601 g/mol. The second kappa shape index (κ2) is 8.64. The molecule has 0 radical (unpaired) electrons. The van der Waals surface area contributed by atoms with E-state index in [1.54, 1.807) is 45.3 Å². The van der Waals surface area contributed by atoms with Gasteiger partial charge in [-0.1, -0.05) is 0 Å². The van der Waals surface area contributed by atoms with E-state index < -0.39 is 0 Å². The minimum atomic E-state index is 0.881. The summed E-state index contributed by atoms with van der Waals surface area (Å²) in [5.41, 5.74) is 7.47. The van der Waals surface area contributed by atoms with Gasteiger partial charge in [0.1, 0.15) is 22.1 Å². The summed E-state index contributed by atoms with van der Waals surface area (Å²) in [6, 6.07) is 13.0. The van der Waals surface area contributed by atoms with Crippen LogP contribution in [0.2, 0.25) is 0 Å². The molecule has 6 aromatic heterocycles. The summed E-state index contributed by atoms with van der Waals surface area (Å²) in [6.45, 7) is 0. The third-order valence-electron chi connectivity index (χ3n) is 6.94. The van der Waals surface area contributed by atoms with Crippen LogP contribution in [-0.2, 0) is 0 Å². The van der Waals surface area contributed by atoms with Crippen molar-refractivity contribution in [1.82, 2.24) is 18.7 Å². The summed E-state index contributed by atoms with van der Waals surface area (Å²) >= 11 is 8.30. The monoisotopic (exact) mass is 600 g/mol. The standard InChI is InChI=1S/C28H20N6S5/c1-33(2)17-7-5-15(37-17)19-23-24(20(26-25(19)31-39-32-26)16-6-8-18(38-16)34(3)4)30-22-14-10-12-36-28(14)27-13(9-11-35-27)21(22)29-23/h5-12H,1-4H3. The summed E-state index contributed by atoms with van der Waals surface area (Å²) in [4.78, 5) is 17.5. The lowest BCUT2D eigenvalue weighted by Crippen LogP contribution is -2.05. The van der Waals surface area contributed by atoms with E-state index in [0.29, 0.717) is 0 Å². The Kier molecular flexibility index (Phi) is 5.24. The molecule has 0 unspecified atom stereocenters. The van der Waals surface area contributed by atoms with Gasteiger partial charge in [0.15, 0.2) is 0 Å². The molecule has 39 heavy (non-hydrogen) atoms. The fourth-order valence-corrected chi connectivity index (χ4v) is 9.61. The lowest BCUT2D eigenvalue weighted by atomic mass is 10.0. The molecule has 8 rings (SSSR count). The Morgan fingerprint density at radius 1 is 0.538 bits per heavy atom. The summed E-state index contributed by atoms with van der Waals surface area (Å²) in [5.74, 6) is 0. The van der Waals surface area contributed by atoms with E-state index in [2.05, 4.69) is 85.1 Å². The van der Waals surface area contributed by atoms with Gasteiger partial charge in [-0.2, -0.15) is 8.75 Å². The zero-order chi connectivity index (χ0) is 26.4. The van der Waals surface area contributed by atoms with Crippen molar-refractivity contribution in [3.8, 4) is 20.9 Å². The van der Waals surface area contributed by atoms with Gasteiger partial charge in [-0.3, -0.25) is 0 Å². The number of fused-ring (bicyclic) bond motifs is 8. The molecular formula is C28H20N6S5. The maximum atomic E-state index is 5.47. The van der Waals surface area contributed by atoms with E-state index in [9.17, 15) is 0 Å². The van der Waals surface area contributed by atoms with Crippen molar-refractivity contribution in [1.29, 1.82) is 0 Å². The van der Waals surface area contributed by atoms with Gasteiger partial charge in [-0.25, -0.2) is 9.97 Å². The Morgan fingerprint density at radius 2 is 1.00 bits per heavy atom. The van der Waals surface area contributed by atoms with E-state index in [0.717, 1.165) is 64.8 Å². The Morgan fingerprint density at radius 3 is 1.41 bits per heavy atom. The van der Waals surface area contributed by atoms with Crippen LogP contribution < -0.4 is 9.80 Å². The summed E-state index contributed by atoms with van der Waals surface area (Å²) in [5, 5.41) is 9.00. The smallest absolute Gasteiger partial charge is 0.116 e. The largest absolute Gasteiger partial charge is 0.370 e. The normalized spacial score (nSPS) is 12.1. The molecule has 0 amide bonds. The molecule has 0 bridgehead atoms. The lowest BCUT2D eigenvalue weighted by molar-refractivity contribution is 1.16. The topological polar surface area (TPSA) is 58.0 Å². The first-order valence-electron chi connectivity index (χ1n) is 12.2. The lowest BCUT2D eigenvalue weighted by Gasteiger charge is -2.13. The SMILES string of the molecule is CN(C)c1ccc(-c2c3nsnc3c(-c3ccc(N(C)C)s3)c3nc4c5ccsc5c5sccc5c4nc23)s1. The zero-order valence-electron chi connectivity index (χ0n) is 21.3. The molecule has 0 aliphatic rings. The molecule has 0 saturated heterocycles. The number of rotatable bonds is 4. The highest BCUT2D eigenvalue weighted by molar-refractivity contribution is 7.26. The number of anilines is 2. The first-order valence-corrected chi connectivity index (χ1v) is 16.3. The van der Waals surface area contributed by atoms with Crippen LogP contribution in [0.25, 0.3) is 74.2 Å². The Bertz CT molecular complexity index is 2060. The van der Waals surface area contributed by atoms with Gasteiger partial charge in [0, 0.05) is 59.8 Å². The summed E-state index contributed by atoms with van der Waals surface area (Å²) in [7, 11) is 8.29. The van der Waals surface area contributed by atoms with Gasteiger partial charge in [0.2, 0.25) is 0 Å². The first-order chi connectivity index (χ1) is 19.0. The van der Waals surface area contributed by atoms with Crippen LogP contribution >= 0.6 is 57.1 Å². The van der Waals surface area contributed by atoms with E-state index >= 15 is 0 Å². The van der Waals surface area contributed by atoms with Crippen molar-refractivity contribution in [2.45, 2.75) is 0 Å². The van der Waals surface area contributed by atoms with Gasteiger partial charge in [0.25, 0.3) is 0 Å². The van der Waals surface area contributed by atoms with Crippen LogP contribution in [0.3, 0.4) is 0 Å². The maximum Gasteiger partial charge on any atom is 0.116 e. The first kappa shape index (κ1) is 23.6. The van der Waals surface area contributed by atoms with Gasteiger partial charge < -0.3 is 9.80 Å². The second-order valence-electron chi connectivity index (χ2n) is 9.72. The molecule has 6 heterocycles. The van der Waals surface area contributed by atoms with E-state index in [1.807, 2.05) is 0 Å². The van der Waals surface area contributed by atoms with Crippen molar-refractivity contribution < 1.29 is 0 Å². The molecular weight excluding hydrogens is 581 g/mol. The van der Waals surface area contributed by atoms with Gasteiger partial charge in [0.05, 0.1) is 42.2 Å². The fourth-order valence-electron chi connectivity index (χ4n) is 5.12. The van der Waals surface area contributed by atoms with E-state index in [1.165, 1.54) is 31.1 Å². The van der Waals surface area contributed by atoms with Gasteiger partial charge >= 0.3 is 0 Å². The van der Waals surface area contributed by atoms with Crippen molar-refractivity contribution in [3.05, 3.63) is 47.2 Å². The molecule has 0 atom stereocenters. The Hall–Kier alpha value is -3.22. The molecule has 8 aromatic rings. The Labute approximate surface area is 243 Å². The molecule has 0 saturated carbocycles. The van der Waals surface area contributed by atoms with Crippen molar-refractivity contribution in [2.24, 2.45) is 0 Å². The van der Waals surface area contributed by atoms with Crippen LogP contribution in [0.4, 0.5) is 10.0 Å². The molecule has 0 fully saturated rings. The zero-order valence-corrected chi connectivity index (χ0v) is 25.4.